The van der Waals surface area contributed by atoms with Crippen molar-refractivity contribution in [2.75, 3.05) is 13.2 Å². The molecule has 6 heteroatoms. The molecule has 2 rings (SSSR count). The van der Waals surface area contributed by atoms with Crippen LogP contribution in [0.3, 0.4) is 0 Å². The van der Waals surface area contributed by atoms with Gasteiger partial charge in [0, 0.05) is 0 Å². The second-order valence-corrected chi connectivity index (χ2v) is 5.28. The largest absolute Gasteiger partial charge is 0.461 e. The van der Waals surface area contributed by atoms with Gasteiger partial charge in [-0.15, -0.1) is 0 Å². The molecule has 0 unspecified atom stereocenters. The lowest BCUT2D eigenvalue weighted by molar-refractivity contribution is 0.0519. The Morgan fingerprint density at radius 2 is 2.10 bits per heavy atom. The predicted octanol–water partition coefficient (Wildman–Crippen LogP) is 2.28. The minimum absolute atomic E-state index is 0.0714. The maximum atomic E-state index is 11.4. The number of hydrogen-bond acceptors (Lipinski definition) is 6. The van der Waals surface area contributed by atoms with Crippen LogP contribution in [-0.4, -0.2) is 29.7 Å². The van der Waals surface area contributed by atoms with Crippen LogP contribution in [-0.2, 0) is 4.74 Å². The third-order valence-corrected chi connectivity index (χ3v) is 3.55. The first-order valence-electron chi connectivity index (χ1n) is 7.17. The van der Waals surface area contributed by atoms with Gasteiger partial charge >= 0.3 is 12.0 Å². The fourth-order valence-corrected chi connectivity index (χ4v) is 2.40. The Bertz CT molecular complexity index is 436. The topological polar surface area (TPSA) is 87.6 Å². The van der Waals surface area contributed by atoms with Gasteiger partial charge in [-0.1, -0.05) is 25.7 Å². The molecule has 1 aromatic heterocycles. The number of ether oxygens (including phenoxy) is 2. The number of carbonyl (C=O) groups excluding carboxylic acids is 1. The van der Waals surface area contributed by atoms with Crippen molar-refractivity contribution in [1.29, 1.82) is 0 Å². The van der Waals surface area contributed by atoms with Crippen LogP contribution in [0.1, 0.15) is 55.9 Å². The normalized spacial score (nSPS) is 18.3. The third-order valence-electron chi connectivity index (χ3n) is 3.55. The van der Waals surface area contributed by atoms with Gasteiger partial charge < -0.3 is 19.6 Å². The van der Waals surface area contributed by atoms with Crippen LogP contribution in [0.15, 0.2) is 10.7 Å². The van der Waals surface area contributed by atoms with Crippen molar-refractivity contribution >= 4 is 5.97 Å². The molecule has 1 fully saturated rings. The Balaban J connectivity index is 1.88. The number of esters is 1. The maximum absolute atomic E-state index is 11.4. The van der Waals surface area contributed by atoms with Gasteiger partial charge in [0.2, 0.25) is 0 Å². The Morgan fingerprint density at radius 3 is 2.75 bits per heavy atom. The smallest absolute Gasteiger partial charge is 0.394 e. The predicted molar refractivity (Wildman–Crippen MR) is 72.6 cm³/mol. The molecule has 0 amide bonds. The third kappa shape index (κ3) is 3.96. The summed E-state index contributed by atoms with van der Waals surface area (Å²) in [5, 5.41) is 0. The number of nitrogens with zero attached hydrogens (tertiary/aromatic N) is 1. The van der Waals surface area contributed by atoms with E-state index in [-0.39, 0.29) is 17.3 Å². The summed E-state index contributed by atoms with van der Waals surface area (Å²) in [4.78, 5) is 15.4. The van der Waals surface area contributed by atoms with Gasteiger partial charge in [0.05, 0.1) is 12.1 Å². The van der Waals surface area contributed by atoms with Crippen molar-refractivity contribution in [3.63, 3.8) is 0 Å². The highest BCUT2D eigenvalue weighted by atomic mass is 16.6. The molecule has 2 N–H and O–H groups in total. The first kappa shape index (κ1) is 14.8. The molecule has 1 heterocycles. The van der Waals surface area contributed by atoms with Crippen molar-refractivity contribution in [2.24, 2.45) is 5.73 Å². The van der Waals surface area contributed by atoms with E-state index >= 15 is 0 Å². The van der Waals surface area contributed by atoms with E-state index in [1.165, 1.54) is 19.1 Å². The minimum Gasteiger partial charge on any atom is -0.461 e. The fourth-order valence-electron chi connectivity index (χ4n) is 2.40. The second-order valence-electron chi connectivity index (χ2n) is 5.28. The average Bonchev–Trinajstić information content (AvgIpc) is 2.80. The molecule has 1 aromatic rings. The molecule has 6 nitrogen and oxygen atoms in total. The van der Waals surface area contributed by atoms with E-state index in [1.807, 2.05) is 0 Å². The van der Waals surface area contributed by atoms with E-state index in [4.69, 9.17) is 19.6 Å². The molecule has 0 aromatic carbocycles. The zero-order valence-corrected chi connectivity index (χ0v) is 11.9. The van der Waals surface area contributed by atoms with E-state index < -0.39 is 5.97 Å². The molecule has 1 aliphatic rings. The molecule has 1 aliphatic carbocycles. The zero-order valence-electron chi connectivity index (χ0n) is 11.9. The van der Waals surface area contributed by atoms with Crippen molar-refractivity contribution in [2.45, 2.75) is 51.0 Å². The highest BCUT2D eigenvalue weighted by Crippen LogP contribution is 2.25. The van der Waals surface area contributed by atoms with Crippen molar-refractivity contribution in [1.82, 2.24) is 4.98 Å². The average molecular weight is 282 g/mol. The lowest BCUT2D eigenvalue weighted by Crippen LogP contribution is -2.45. The summed E-state index contributed by atoms with van der Waals surface area (Å²) in [6.07, 6.45) is 7.90. The van der Waals surface area contributed by atoms with Gasteiger partial charge in [-0.2, -0.15) is 4.98 Å². The first-order valence-corrected chi connectivity index (χ1v) is 7.17. The summed E-state index contributed by atoms with van der Waals surface area (Å²) in [6, 6.07) is 0. The number of aromatic nitrogens is 1. The van der Waals surface area contributed by atoms with Gasteiger partial charge in [0.1, 0.15) is 12.9 Å². The molecule has 0 aliphatic heterocycles. The fraction of sp³-hybridized carbons (Fsp3) is 0.714. The molecule has 0 saturated heterocycles. The number of nitrogens with two attached hydrogens (primary N) is 1. The van der Waals surface area contributed by atoms with Crippen LogP contribution in [0, 0.1) is 0 Å². The van der Waals surface area contributed by atoms with Gasteiger partial charge in [-0.25, -0.2) is 4.79 Å². The molecule has 0 atom stereocenters. The number of hydrogen-bond donors (Lipinski definition) is 1. The number of rotatable bonds is 5. The molecule has 1 saturated carbocycles. The van der Waals surface area contributed by atoms with Crippen molar-refractivity contribution < 1.29 is 18.7 Å². The Hall–Kier alpha value is -1.56. The SMILES string of the molecule is CCOC(=O)c1coc(OCC2(N)CCCCCC2)n1. The highest BCUT2D eigenvalue weighted by Gasteiger charge is 2.28. The molecule has 112 valence electrons. The van der Waals surface area contributed by atoms with Gasteiger partial charge in [0.15, 0.2) is 5.69 Å². The lowest BCUT2D eigenvalue weighted by Gasteiger charge is -2.26. The van der Waals surface area contributed by atoms with E-state index in [0.29, 0.717) is 13.2 Å². The zero-order chi connectivity index (χ0) is 14.4. The van der Waals surface area contributed by atoms with Crippen molar-refractivity contribution in [3.8, 4) is 6.08 Å². The van der Waals surface area contributed by atoms with E-state index in [0.717, 1.165) is 25.7 Å². The van der Waals surface area contributed by atoms with Crippen LogP contribution in [0.2, 0.25) is 0 Å². The summed E-state index contributed by atoms with van der Waals surface area (Å²) in [5.41, 5.74) is 6.13. The van der Waals surface area contributed by atoms with Crippen LogP contribution in [0.4, 0.5) is 0 Å². The summed E-state index contributed by atoms with van der Waals surface area (Å²) in [5.74, 6) is -0.511. The molecule has 20 heavy (non-hydrogen) atoms. The van der Waals surface area contributed by atoms with E-state index in [9.17, 15) is 4.79 Å². The molecular weight excluding hydrogens is 260 g/mol. The van der Waals surface area contributed by atoms with Gasteiger partial charge in [-0.3, -0.25) is 0 Å². The maximum Gasteiger partial charge on any atom is 0.394 e. The Morgan fingerprint density at radius 1 is 1.40 bits per heavy atom. The van der Waals surface area contributed by atoms with Crippen LogP contribution in [0.25, 0.3) is 0 Å². The second kappa shape index (κ2) is 6.74. The van der Waals surface area contributed by atoms with Crippen LogP contribution in [0.5, 0.6) is 6.08 Å². The molecular formula is C14H22N2O4. The quantitative estimate of drug-likeness (QED) is 0.658. The summed E-state index contributed by atoms with van der Waals surface area (Å²) in [6.45, 7) is 2.39. The van der Waals surface area contributed by atoms with E-state index in [2.05, 4.69) is 4.98 Å². The molecule has 0 radical (unpaired) electrons. The van der Waals surface area contributed by atoms with Crippen LogP contribution >= 0.6 is 0 Å². The number of oxazole rings is 1. The monoisotopic (exact) mass is 282 g/mol. The minimum atomic E-state index is -0.511. The Labute approximate surface area is 118 Å². The number of carbonyl (C=O) groups is 1. The molecule has 0 spiro atoms. The summed E-state index contributed by atoms with van der Waals surface area (Å²) < 4.78 is 15.4. The summed E-state index contributed by atoms with van der Waals surface area (Å²) >= 11 is 0. The summed E-state index contributed by atoms with van der Waals surface area (Å²) in [7, 11) is 0. The highest BCUT2D eigenvalue weighted by molar-refractivity contribution is 5.86. The molecule has 0 bridgehead atoms. The van der Waals surface area contributed by atoms with Crippen molar-refractivity contribution in [3.05, 3.63) is 12.0 Å². The van der Waals surface area contributed by atoms with E-state index in [1.54, 1.807) is 6.92 Å². The first-order chi connectivity index (χ1) is 9.63. The lowest BCUT2D eigenvalue weighted by atomic mass is 9.93. The standard InChI is InChI=1S/C14H22N2O4/c1-2-18-12(17)11-9-19-13(16-11)20-10-14(15)7-5-3-4-6-8-14/h9H,2-8,10,15H2,1H3. The Kier molecular flexibility index (Phi) is 5.00. The van der Waals surface area contributed by atoms with Gasteiger partial charge in [0.25, 0.3) is 0 Å². The van der Waals surface area contributed by atoms with Gasteiger partial charge in [-0.05, 0) is 19.8 Å². The van der Waals surface area contributed by atoms with Crippen LogP contribution < -0.4 is 10.5 Å².